The van der Waals surface area contributed by atoms with Gasteiger partial charge in [0.05, 0.1) is 5.69 Å². The van der Waals surface area contributed by atoms with Crippen LogP contribution in [0.4, 0.5) is 0 Å². The van der Waals surface area contributed by atoms with Gasteiger partial charge < -0.3 is 14.8 Å². The van der Waals surface area contributed by atoms with Gasteiger partial charge in [0.2, 0.25) is 0 Å². The van der Waals surface area contributed by atoms with Gasteiger partial charge in [-0.05, 0) is 52.7 Å². The lowest BCUT2D eigenvalue weighted by Crippen LogP contribution is -2.20. The van der Waals surface area contributed by atoms with Gasteiger partial charge in [0.25, 0.3) is 0 Å². The first kappa shape index (κ1) is 14.4. The van der Waals surface area contributed by atoms with Crippen molar-refractivity contribution in [3.05, 3.63) is 52.3 Å². The molecular weight excluding hydrogens is 332 g/mol. The van der Waals surface area contributed by atoms with Crippen LogP contribution in [-0.4, -0.2) is 18.2 Å². The van der Waals surface area contributed by atoms with Crippen LogP contribution in [0.15, 0.2) is 41.0 Å². The molecular formula is C16H17BrN2O2. The summed E-state index contributed by atoms with van der Waals surface area (Å²) in [6, 6.07) is 10.3. The second-order valence-corrected chi connectivity index (χ2v) is 5.89. The van der Waals surface area contributed by atoms with Gasteiger partial charge in [-0.3, -0.25) is 4.98 Å². The Morgan fingerprint density at radius 2 is 2.00 bits per heavy atom. The molecule has 0 radical (unpaired) electrons. The van der Waals surface area contributed by atoms with Crippen molar-refractivity contribution in [2.45, 2.75) is 19.5 Å². The van der Waals surface area contributed by atoms with Crippen LogP contribution >= 0.6 is 15.9 Å². The third-order valence-electron chi connectivity index (χ3n) is 3.44. The highest BCUT2D eigenvalue weighted by Gasteiger charge is 2.14. The fraction of sp³-hybridized carbons (Fsp3) is 0.312. The zero-order chi connectivity index (χ0) is 14.7. The van der Waals surface area contributed by atoms with E-state index in [0.29, 0.717) is 13.2 Å². The Hall–Kier alpha value is -1.59. The van der Waals surface area contributed by atoms with Crippen molar-refractivity contribution in [1.82, 2.24) is 10.3 Å². The van der Waals surface area contributed by atoms with Crippen LogP contribution in [0, 0.1) is 0 Å². The van der Waals surface area contributed by atoms with Crippen LogP contribution < -0.4 is 14.8 Å². The number of nitrogens with zero attached hydrogens (tertiary/aromatic N) is 1. The number of benzene rings is 1. The van der Waals surface area contributed by atoms with Crippen LogP contribution in [0.2, 0.25) is 0 Å². The molecule has 0 amide bonds. The van der Waals surface area contributed by atoms with Gasteiger partial charge in [-0.15, -0.1) is 0 Å². The Labute approximate surface area is 132 Å². The van der Waals surface area contributed by atoms with E-state index in [1.165, 1.54) is 5.56 Å². The zero-order valence-corrected chi connectivity index (χ0v) is 13.4. The van der Waals surface area contributed by atoms with E-state index in [0.717, 1.165) is 28.2 Å². The third kappa shape index (κ3) is 3.54. The van der Waals surface area contributed by atoms with Crippen LogP contribution in [0.5, 0.6) is 11.5 Å². The highest BCUT2D eigenvalue weighted by Crippen LogP contribution is 2.32. The molecule has 110 valence electrons. The zero-order valence-electron chi connectivity index (χ0n) is 11.8. The quantitative estimate of drug-likeness (QED) is 0.918. The molecule has 0 saturated heterocycles. The van der Waals surface area contributed by atoms with Crippen molar-refractivity contribution in [2.24, 2.45) is 0 Å². The molecule has 4 nitrogen and oxygen atoms in total. The Kier molecular flexibility index (Phi) is 4.41. The minimum Gasteiger partial charge on any atom is -0.486 e. The van der Waals surface area contributed by atoms with E-state index in [-0.39, 0.29) is 6.04 Å². The first-order valence-electron chi connectivity index (χ1n) is 6.96. The minimum absolute atomic E-state index is 0.214. The number of hydrogen-bond acceptors (Lipinski definition) is 4. The van der Waals surface area contributed by atoms with Gasteiger partial charge in [-0.2, -0.15) is 0 Å². The molecule has 0 saturated carbocycles. The topological polar surface area (TPSA) is 43.4 Å². The number of aromatic nitrogens is 1. The summed E-state index contributed by atoms with van der Waals surface area (Å²) in [5.74, 6) is 1.65. The number of hydrogen-bond donors (Lipinski definition) is 1. The summed E-state index contributed by atoms with van der Waals surface area (Å²) in [4.78, 5) is 4.36. The third-order valence-corrected chi connectivity index (χ3v) is 3.91. The molecule has 1 unspecified atom stereocenters. The molecule has 2 aromatic rings. The second-order valence-electron chi connectivity index (χ2n) is 4.97. The van der Waals surface area contributed by atoms with Gasteiger partial charge >= 0.3 is 0 Å². The fourth-order valence-corrected chi connectivity index (χ4v) is 2.45. The van der Waals surface area contributed by atoms with Gasteiger partial charge in [0.1, 0.15) is 13.2 Å². The van der Waals surface area contributed by atoms with Crippen molar-refractivity contribution in [3.8, 4) is 11.5 Å². The summed E-state index contributed by atoms with van der Waals surface area (Å²) >= 11 is 3.39. The molecule has 2 heterocycles. The summed E-state index contributed by atoms with van der Waals surface area (Å²) in [5, 5.41) is 3.47. The van der Waals surface area contributed by atoms with Gasteiger partial charge in [-0.1, -0.05) is 6.07 Å². The van der Waals surface area contributed by atoms with Crippen molar-refractivity contribution < 1.29 is 9.47 Å². The molecule has 21 heavy (non-hydrogen) atoms. The second kappa shape index (κ2) is 6.45. The summed E-state index contributed by atoms with van der Waals surface area (Å²) in [5.41, 5.74) is 2.19. The van der Waals surface area contributed by atoms with Gasteiger partial charge in [-0.25, -0.2) is 0 Å². The Bertz CT molecular complexity index is 616. The lowest BCUT2D eigenvalue weighted by Gasteiger charge is -2.21. The average molecular weight is 349 g/mol. The first-order chi connectivity index (χ1) is 10.2. The summed E-state index contributed by atoms with van der Waals surface area (Å²) < 4.78 is 12.2. The molecule has 0 bridgehead atoms. The van der Waals surface area contributed by atoms with E-state index in [1.807, 2.05) is 30.5 Å². The average Bonchev–Trinajstić information content (AvgIpc) is 2.53. The molecule has 0 fully saturated rings. The number of pyridine rings is 1. The molecule has 1 aliphatic rings. The highest BCUT2D eigenvalue weighted by molar-refractivity contribution is 9.10. The Morgan fingerprint density at radius 1 is 1.19 bits per heavy atom. The normalized spacial score (nSPS) is 14.8. The minimum atomic E-state index is 0.214. The molecule has 5 heteroatoms. The lowest BCUT2D eigenvalue weighted by atomic mass is 10.1. The van der Waals surface area contributed by atoms with Crippen LogP contribution in [-0.2, 0) is 6.54 Å². The van der Waals surface area contributed by atoms with Crippen LogP contribution in [0.3, 0.4) is 0 Å². The van der Waals surface area contributed by atoms with E-state index < -0.39 is 0 Å². The van der Waals surface area contributed by atoms with Crippen molar-refractivity contribution in [3.63, 3.8) is 0 Å². The van der Waals surface area contributed by atoms with Crippen molar-refractivity contribution in [1.29, 1.82) is 0 Å². The largest absolute Gasteiger partial charge is 0.486 e. The summed E-state index contributed by atoms with van der Waals surface area (Å²) in [6.45, 7) is 4.09. The lowest BCUT2D eigenvalue weighted by molar-refractivity contribution is 0.171. The van der Waals surface area contributed by atoms with E-state index in [1.54, 1.807) is 0 Å². The predicted molar refractivity (Wildman–Crippen MR) is 84.6 cm³/mol. The Morgan fingerprint density at radius 3 is 2.76 bits per heavy atom. The molecule has 0 spiro atoms. The number of ether oxygens (including phenoxy) is 2. The molecule has 1 atom stereocenters. The fourth-order valence-electron chi connectivity index (χ4n) is 2.22. The smallest absolute Gasteiger partial charge is 0.161 e. The number of nitrogens with one attached hydrogen (secondary N) is 1. The molecule has 1 aromatic carbocycles. The standard InChI is InChI=1S/C16H17BrN2O2/c1-11(18-10-14-4-3-13(17)9-19-14)12-2-5-15-16(8-12)21-7-6-20-15/h2-5,8-9,11,18H,6-7,10H2,1H3. The number of rotatable bonds is 4. The highest BCUT2D eigenvalue weighted by atomic mass is 79.9. The maximum Gasteiger partial charge on any atom is 0.161 e. The molecule has 3 rings (SSSR count). The van der Waals surface area contributed by atoms with E-state index in [4.69, 9.17) is 9.47 Å². The first-order valence-corrected chi connectivity index (χ1v) is 7.75. The van der Waals surface area contributed by atoms with Crippen molar-refractivity contribution in [2.75, 3.05) is 13.2 Å². The maximum atomic E-state index is 5.62. The van der Waals surface area contributed by atoms with Crippen molar-refractivity contribution >= 4 is 15.9 Å². The van der Waals surface area contributed by atoms with Crippen LogP contribution in [0.25, 0.3) is 0 Å². The predicted octanol–water partition coefficient (Wildman–Crippen LogP) is 3.47. The van der Waals surface area contributed by atoms with Gasteiger partial charge in [0, 0.05) is 23.3 Å². The van der Waals surface area contributed by atoms with Gasteiger partial charge in [0.15, 0.2) is 11.5 Å². The summed E-state index contributed by atoms with van der Waals surface area (Å²) in [7, 11) is 0. The molecule has 0 aliphatic carbocycles. The monoisotopic (exact) mass is 348 g/mol. The summed E-state index contributed by atoms with van der Waals surface area (Å²) in [6.07, 6.45) is 1.81. The SMILES string of the molecule is CC(NCc1ccc(Br)cn1)c1ccc2c(c1)OCCO2. The van der Waals surface area contributed by atoms with E-state index in [2.05, 4.69) is 39.2 Å². The van der Waals surface area contributed by atoms with E-state index in [9.17, 15) is 0 Å². The van der Waals surface area contributed by atoms with Crippen LogP contribution in [0.1, 0.15) is 24.2 Å². The number of fused-ring (bicyclic) bond motifs is 1. The number of halogens is 1. The molecule has 1 N–H and O–H groups in total. The molecule has 1 aliphatic heterocycles. The Balaban J connectivity index is 1.65. The van der Waals surface area contributed by atoms with E-state index >= 15 is 0 Å². The molecule has 1 aromatic heterocycles. The maximum absolute atomic E-state index is 5.62.